The van der Waals surface area contributed by atoms with Crippen molar-refractivity contribution < 1.29 is 4.39 Å². The van der Waals surface area contributed by atoms with Gasteiger partial charge < -0.3 is 0 Å². The van der Waals surface area contributed by atoms with Gasteiger partial charge in [-0.15, -0.1) is 0 Å². The minimum Gasteiger partial charge on any atom is -0.293 e. The molecule has 3 unspecified atom stereocenters. The summed E-state index contributed by atoms with van der Waals surface area (Å²) in [5.41, 5.74) is 5.52. The maximum atomic E-state index is 14.1. The summed E-state index contributed by atoms with van der Waals surface area (Å²) >= 11 is 0. The first-order valence-corrected chi connectivity index (χ1v) is 9.43. The van der Waals surface area contributed by atoms with E-state index in [2.05, 4.69) is 29.2 Å². The van der Waals surface area contributed by atoms with Gasteiger partial charge in [0, 0.05) is 18.0 Å². The zero-order chi connectivity index (χ0) is 16.1. The number of nitrogens with zero attached hydrogens (tertiary/aromatic N) is 1. The third-order valence-corrected chi connectivity index (χ3v) is 6.45. The summed E-state index contributed by atoms with van der Waals surface area (Å²) in [6, 6.07) is 15.4. The molecule has 0 N–H and O–H groups in total. The van der Waals surface area contributed by atoms with E-state index in [1.165, 1.54) is 60.9 Å². The van der Waals surface area contributed by atoms with E-state index in [0.717, 1.165) is 6.42 Å². The van der Waals surface area contributed by atoms with E-state index in [1.807, 2.05) is 12.1 Å². The van der Waals surface area contributed by atoms with Gasteiger partial charge in [-0.05, 0) is 66.6 Å². The van der Waals surface area contributed by atoms with Gasteiger partial charge >= 0.3 is 0 Å². The van der Waals surface area contributed by atoms with E-state index < -0.39 is 0 Å². The number of benzene rings is 2. The highest BCUT2D eigenvalue weighted by molar-refractivity contribution is 5.46. The Morgan fingerprint density at radius 1 is 0.917 bits per heavy atom. The fraction of sp³-hybridized carbons (Fsp3) is 0.455. The lowest BCUT2D eigenvalue weighted by atomic mass is 9.86. The Kier molecular flexibility index (Phi) is 3.48. The first kappa shape index (κ1) is 14.7. The number of halogens is 1. The molecule has 0 bridgehead atoms. The average Bonchev–Trinajstić information content (AvgIpc) is 2.73. The zero-order valence-corrected chi connectivity index (χ0v) is 14.0. The molecule has 3 atom stereocenters. The fourth-order valence-electron chi connectivity index (χ4n) is 5.43. The Morgan fingerprint density at radius 2 is 1.79 bits per heavy atom. The van der Waals surface area contributed by atoms with Crippen LogP contribution in [0.25, 0.3) is 0 Å². The molecule has 2 saturated heterocycles. The van der Waals surface area contributed by atoms with Crippen molar-refractivity contribution in [1.29, 1.82) is 0 Å². The molecule has 0 radical (unpaired) electrons. The lowest BCUT2D eigenvalue weighted by Crippen LogP contribution is -2.32. The van der Waals surface area contributed by atoms with Crippen molar-refractivity contribution in [2.75, 3.05) is 6.54 Å². The van der Waals surface area contributed by atoms with Crippen LogP contribution in [0.5, 0.6) is 0 Å². The Bertz CT molecular complexity index is 768. The van der Waals surface area contributed by atoms with Gasteiger partial charge in [0.25, 0.3) is 0 Å². The highest BCUT2D eigenvalue weighted by Gasteiger charge is 2.45. The molecule has 2 heterocycles. The summed E-state index contributed by atoms with van der Waals surface area (Å²) in [5.74, 6) is 0.434. The second kappa shape index (κ2) is 5.70. The number of hydrogen-bond acceptors (Lipinski definition) is 1. The molecular weight excluding hydrogens is 297 g/mol. The molecule has 2 aliphatic heterocycles. The van der Waals surface area contributed by atoms with E-state index in [4.69, 9.17) is 0 Å². The molecule has 0 amide bonds. The molecule has 24 heavy (non-hydrogen) atoms. The summed E-state index contributed by atoms with van der Waals surface area (Å²) in [7, 11) is 0. The molecule has 0 aromatic heterocycles. The van der Waals surface area contributed by atoms with Crippen LogP contribution in [0.1, 0.15) is 66.3 Å². The van der Waals surface area contributed by atoms with E-state index in [1.54, 1.807) is 6.07 Å². The Labute approximate surface area is 143 Å². The zero-order valence-electron chi connectivity index (χ0n) is 14.0. The van der Waals surface area contributed by atoms with Crippen molar-refractivity contribution >= 4 is 0 Å². The first-order valence-electron chi connectivity index (χ1n) is 9.43. The van der Waals surface area contributed by atoms with Crippen molar-refractivity contribution in [3.63, 3.8) is 0 Å². The maximum Gasteiger partial charge on any atom is 0.123 e. The number of fused-ring (bicyclic) bond motifs is 7. The fourth-order valence-corrected chi connectivity index (χ4v) is 5.43. The van der Waals surface area contributed by atoms with E-state index in [0.29, 0.717) is 18.0 Å². The van der Waals surface area contributed by atoms with Crippen molar-refractivity contribution in [2.45, 2.75) is 56.5 Å². The van der Waals surface area contributed by atoms with Crippen LogP contribution in [0.3, 0.4) is 0 Å². The Hall–Kier alpha value is -1.67. The van der Waals surface area contributed by atoms with Crippen LogP contribution in [0.15, 0.2) is 42.5 Å². The molecule has 2 heteroatoms. The van der Waals surface area contributed by atoms with Gasteiger partial charge in [0.1, 0.15) is 5.82 Å². The van der Waals surface area contributed by atoms with Gasteiger partial charge in [0.2, 0.25) is 0 Å². The largest absolute Gasteiger partial charge is 0.293 e. The topological polar surface area (TPSA) is 3.24 Å². The smallest absolute Gasteiger partial charge is 0.123 e. The van der Waals surface area contributed by atoms with Crippen molar-refractivity contribution in [1.82, 2.24) is 4.90 Å². The van der Waals surface area contributed by atoms with E-state index in [-0.39, 0.29) is 5.82 Å². The summed E-state index contributed by atoms with van der Waals surface area (Å²) < 4.78 is 14.1. The van der Waals surface area contributed by atoms with Crippen LogP contribution < -0.4 is 0 Å². The standard InChI is InChI=1S/C22H24FN/c23-17-10-9-16-12-15-6-3-4-8-19(15)21-14-18-7-2-1-5-11-24(18)22(21)20(16)13-17/h3-4,6,8-10,13,18,21-22H,1-2,5,7,11-12,14H2. The highest BCUT2D eigenvalue weighted by atomic mass is 19.1. The minimum absolute atomic E-state index is 0.0864. The SMILES string of the molecule is Fc1ccc2c(c1)C1C(CC3CCCCCN31)c1ccccc1C2. The summed E-state index contributed by atoms with van der Waals surface area (Å²) in [6.45, 7) is 1.17. The monoisotopic (exact) mass is 321 g/mol. The van der Waals surface area contributed by atoms with Crippen LogP contribution in [-0.4, -0.2) is 17.5 Å². The molecule has 0 saturated carbocycles. The molecule has 1 nitrogen and oxygen atoms in total. The third-order valence-electron chi connectivity index (χ3n) is 6.45. The van der Waals surface area contributed by atoms with Crippen molar-refractivity contribution in [2.24, 2.45) is 0 Å². The van der Waals surface area contributed by atoms with Crippen LogP contribution >= 0.6 is 0 Å². The van der Waals surface area contributed by atoms with Gasteiger partial charge in [-0.3, -0.25) is 4.90 Å². The highest BCUT2D eigenvalue weighted by Crippen LogP contribution is 2.52. The summed E-state index contributed by atoms with van der Waals surface area (Å²) in [5, 5.41) is 0. The summed E-state index contributed by atoms with van der Waals surface area (Å²) in [6.07, 6.45) is 7.45. The van der Waals surface area contributed by atoms with Crippen LogP contribution in [-0.2, 0) is 6.42 Å². The van der Waals surface area contributed by atoms with Gasteiger partial charge in [-0.2, -0.15) is 0 Å². The predicted molar refractivity (Wildman–Crippen MR) is 94.7 cm³/mol. The van der Waals surface area contributed by atoms with Crippen LogP contribution in [0.2, 0.25) is 0 Å². The van der Waals surface area contributed by atoms with Crippen molar-refractivity contribution in [3.8, 4) is 0 Å². The molecular formula is C22H24FN. The molecule has 1 aliphatic carbocycles. The maximum absolute atomic E-state index is 14.1. The number of rotatable bonds is 0. The Balaban J connectivity index is 1.70. The molecule has 2 aromatic rings. The third kappa shape index (κ3) is 2.23. The molecule has 2 aromatic carbocycles. The lowest BCUT2D eigenvalue weighted by Gasteiger charge is -2.31. The Morgan fingerprint density at radius 3 is 2.75 bits per heavy atom. The van der Waals surface area contributed by atoms with Gasteiger partial charge in [-0.1, -0.05) is 43.2 Å². The first-order chi connectivity index (χ1) is 11.8. The van der Waals surface area contributed by atoms with Crippen molar-refractivity contribution in [3.05, 3.63) is 70.5 Å². The molecule has 124 valence electrons. The molecule has 5 rings (SSSR count). The second-order valence-electron chi connectivity index (χ2n) is 7.75. The molecule has 2 fully saturated rings. The van der Waals surface area contributed by atoms with Crippen LogP contribution in [0, 0.1) is 5.82 Å². The van der Waals surface area contributed by atoms with Gasteiger partial charge in [0.05, 0.1) is 0 Å². The van der Waals surface area contributed by atoms with Gasteiger partial charge in [-0.25, -0.2) is 4.39 Å². The quantitative estimate of drug-likeness (QED) is 0.644. The lowest BCUT2D eigenvalue weighted by molar-refractivity contribution is 0.193. The van der Waals surface area contributed by atoms with E-state index in [9.17, 15) is 4.39 Å². The minimum atomic E-state index is -0.0864. The predicted octanol–water partition coefficient (Wildman–Crippen LogP) is 5.20. The second-order valence-corrected chi connectivity index (χ2v) is 7.75. The molecule has 0 spiro atoms. The van der Waals surface area contributed by atoms with Gasteiger partial charge in [0.15, 0.2) is 0 Å². The average molecular weight is 321 g/mol. The van der Waals surface area contributed by atoms with E-state index >= 15 is 0 Å². The normalized spacial score (nSPS) is 29.0. The summed E-state index contributed by atoms with van der Waals surface area (Å²) in [4.78, 5) is 2.72. The molecule has 3 aliphatic rings. The number of hydrogen-bond donors (Lipinski definition) is 0. The van der Waals surface area contributed by atoms with Crippen LogP contribution in [0.4, 0.5) is 4.39 Å².